The molecule has 0 aliphatic carbocycles. The van der Waals surface area contributed by atoms with E-state index < -0.39 is 0 Å². The van der Waals surface area contributed by atoms with Crippen LogP contribution in [0.2, 0.25) is 0 Å². The zero-order chi connectivity index (χ0) is 14.4. The summed E-state index contributed by atoms with van der Waals surface area (Å²) in [7, 11) is 1.58. The second-order valence-corrected chi connectivity index (χ2v) is 4.48. The van der Waals surface area contributed by atoms with Crippen LogP contribution >= 0.6 is 0 Å². The number of nitrogens with one attached hydrogen (secondary N) is 1. The zero-order valence-electron chi connectivity index (χ0n) is 11.4. The van der Waals surface area contributed by atoms with Crippen molar-refractivity contribution in [3.05, 3.63) is 59.7 Å². The standard InChI is InChI=1S/C16H18N2O2/c1-20-15-4-2-3-13(11-15)16(19)18-10-9-12-5-7-14(17)8-6-12/h2-8,11H,9-10,17H2,1H3,(H,18,19). The van der Waals surface area contributed by atoms with E-state index in [0.717, 1.165) is 17.7 Å². The average molecular weight is 270 g/mol. The number of nitrogens with two attached hydrogens (primary N) is 1. The topological polar surface area (TPSA) is 64.3 Å². The van der Waals surface area contributed by atoms with Crippen LogP contribution in [-0.2, 0) is 6.42 Å². The van der Waals surface area contributed by atoms with Gasteiger partial charge >= 0.3 is 0 Å². The van der Waals surface area contributed by atoms with E-state index in [1.54, 1.807) is 25.3 Å². The van der Waals surface area contributed by atoms with Crippen LogP contribution in [0.4, 0.5) is 5.69 Å². The lowest BCUT2D eigenvalue weighted by Crippen LogP contribution is -2.25. The van der Waals surface area contributed by atoms with Crippen LogP contribution in [0.5, 0.6) is 5.75 Å². The monoisotopic (exact) mass is 270 g/mol. The third-order valence-corrected chi connectivity index (χ3v) is 3.01. The Morgan fingerprint density at radius 3 is 2.65 bits per heavy atom. The van der Waals surface area contributed by atoms with Crippen LogP contribution in [0.25, 0.3) is 0 Å². The van der Waals surface area contributed by atoms with Gasteiger partial charge in [-0.15, -0.1) is 0 Å². The van der Waals surface area contributed by atoms with Gasteiger partial charge in [0.1, 0.15) is 5.75 Å². The van der Waals surface area contributed by atoms with Crippen molar-refractivity contribution in [3.63, 3.8) is 0 Å². The molecule has 0 unspecified atom stereocenters. The Hall–Kier alpha value is -2.49. The fourth-order valence-corrected chi connectivity index (χ4v) is 1.87. The summed E-state index contributed by atoms with van der Waals surface area (Å²) in [5.41, 5.74) is 8.11. The minimum atomic E-state index is -0.0978. The third kappa shape index (κ3) is 3.75. The first-order valence-corrected chi connectivity index (χ1v) is 6.46. The highest BCUT2D eigenvalue weighted by atomic mass is 16.5. The number of hydrogen-bond acceptors (Lipinski definition) is 3. The van der Waals surface area contributed by atoms with Gasteiger partial charge in [-0.3, -0.25) is 4.79 Å². The molecule has 0 heterocycles. The summed E-state index contributed by atoms with van der Waals surface area (Å²) in [5, 5.41) is 2.89. The van der Waals surface area contributed by atoms with Gasteiger partial charge in [0, 0.05) is 17.8 Å². The first kappa shape index (κ1) is 13.9. The van der Waals surface area contributed by atoms with E-state index in [2.05, 4.69) is 5.32 Å². The largest absolute Gasteiger partial charge is 0.497 e. The molecule has 0 bridgehead atoms. The van der Waals surface area contributed by atoms with Gasteiger partial charge in [-0.1, -0.05) is 18.2 Å². The minimum absolute atomic E-state index is 0.0978. The van der Waals surface area contributed by atoms with Crippen molar-refractivity contribution < 1.29 is 9.53 Å². The van der Waals surface area contributed by atoms with Gasteiger partial charge in [-0.25, -0.2) is 0 Å². The predicted octanol–water partition coefficient (Wildman–Crippen LogP) is 2.25. The smallest absolute Gasteiger partial charge is 0.251 e. The molecule has 0 atom stereocenters. The minimum Gasteiger partial charge on any atom is -0.497 e. The van der Waals surface area contributed by atoms with Gasteiger partial charge in [0.2, 0.25) is 0 Å². The first-order chi connectivity index (χ1) is 9.69. The normalized spacial score (nSPS) is 10.1. The number of amides is 1. The zero-order valence-corrected chi connectivity index (χ0v) is 11.4. The molecule has 20 heavy (non-hydrogen) atoms. The second-order valence-electron chi connectivity index (χ2n) is 4.48. The van der Waals surface area contributed by atoms with Crippen molar-refractivity contribution >= 4 is 11.6 Å². The summed E-state index contributed by atoms with van der Waals surface area (Å²) in [6.45, 7) is 0.583. The summed E-state index contributed by atoms with van der Waals surface area (Å²) < 4.78 is 5.10. The van der Waals surface area contributed by atoms with Crippen LogP contribution in [-0.4, -0.2) is 19.6 Å². The highest BCUT2D eigenvalue weighted by molar-refractivity contribution is 5.94. The molecule has 2 aromatic carbocycles. The van der Waals surface area contributed by atoms with Gasteiger partial charge in [0.15, 0.2) is 0 Å². The number of benzene rings is 2. The molecule has 0 aliphatic heterocycles. The summed E-state index contributed by atoms with van der Waals surface area (Å²) in [4.78, 5) is 12.0. The summed E-state index contributed by atoms with van der Waals surface area (Å²) in [6, 6.07) is 14.7. The van der Waals surface area contributed by atoms with Crippen molar-refractivity contribution in [2.24, 2.45) is 0 Å². The van der Waals surface area contributed by atoms with Crippen molar-refractivity contribution in [3.8, 4) is 5.75 Å². The molecule has 0 saturated carbocycles. The maximum absolute atomic E-state index is 12.0. The number of methoxy groups -OCH3 is 1. The SMILES string of the molecule is COc1cccc(C(=O)NCCc2ccc(N)cc2)c1. The van der Waals surface area contributed by atoms with E-state index >= 15 is 0 Å². The quantitative estimate of drug-likeness (QED) is 0.819. The fourth-order valence-electron chi connectivity index (χ4n) is 1.87. The summed E-state index contributed by atoms with van der Waals surface area (Å²) >= 11 is 0. The molecule has 2 aromatic rings. The van der Waals surface area contributed by atoms with E-state index in [1.807, 2.05) is 30.3 Å². The molecule has 1 amide bonds. The fraction of sp³-hybridized carbons (Fsp3) is 0.188. The molecule has 0 aromatic heterocycles. The number of hydrogen-bond donors (Lipinski definition) is 2. The lowest BCUT2D eigenvalue weighted by atomic mass is 10.1. The molecule has 0 fully saturated rings. The Labute approximate surface area is 118 Å². The number of anilines is 1. The summed E-state index contributed by atoms with van der Waals surface area (Å²) in [6.07, 6.45) is 0.774. The van der Waals surface area contributed by atoms with Gasteiger partial charge < -0.3 is 15.8 Å². The van der Waals surface area contributed by atoms with Gasteiger partial charge in [-0.05, 0) is 42.3 Å². The van der Waals surface area contributed by atoms with Gasteiger partial charge in [0.25, 0.3) is 5.91 Å². The lowest BCUT2D eigenvalue weighted by molar-refractivity contribution is 0.0954. The molecule has 4 heteroatoms. The molecule has 0 saturated heterocycles. The van der Waals surface area contributed by atoms with E-state index in [9.17, 15) is 4.79 Å². The van der Waals surface area contributed by atoms with E-state index in [-0.39, 0.29) is 5.91 Å². The number of carbonyl (C=O) groups is 1. The third-order valence-electron chi connectivity index (χ3n) is 3.01. The highest BCUT2D eigenvalue weighted by Gasteiger charge is 2.05. The van der Waals surface area contributed by atoms with Crippen molar-refractivity contribution in [1.29, 1.82) is 0 Å². The van der Waals surface area contributed by atoms with E-state index in [4.69, 9.17) is 10.5 Å². The van der Waals surface area contributed by atoms with Crippen LogP contribution in [0, 0.1) is 0 Å². The van der Waals surface area contributed by atoms with Gasteiger partial charge in [0.05, 0.1) is 7.11 Å². The molecule has 0 aliphatic rings. The van der Waals surface area contributed by atoms with Crippen LogP contribution in [0.15, 0.2) is 48.5 Å². The Bertz CT molecular complexity index is 579. The van der Waals surface area contributed by atoms with Crippen molar-refractivity contribution in [1.82, 2.24) is 5.32 Å². The molecular formula is C16H18N2O2. The number of carbonyl (C=O) groups excluding carboxylic acids is 1. The Balaban J connectivity index is 1.87. The van der Waals surface area contributed by atoms with Crippen LogP contribution in [0.3, 0.4) is 0 Å². The molecule has 104 valence electrons. The Morgan fingerprint density at radius 1 is 1.20 bits per heavy atom. The number of ether oxygens (including phenoxy) is 1. The molecule has 0 radical (unpaired) electrons. The maximum Gasteiger partial charge on any atom is 0.251 e. The maximum atomic E-state index is 12.0. The Morgan fingerprint density at radius 2 is 1.95 bits per heavy atom. The van der Waals surface area contributed by atoms with Crippen LogP contribution < -0.4 is 15.8 Å². The van der Waals surface area contributed by atoms with Crippen LogP contribution in [0.1, 0.15) is 15.9 Å². The van der Waals surface area contributed by atoms with Gasteiger partial charge in [-0.2, -0.15) is 0 Å². The molecule has 2 rings (SSSR count). The van der Waals surface area contributed by atoms with E-state index in [0.29, 0.717) is 17.9 Å². The summed E-state index contributed by atoms with van der Waals surface area (Å²) in [5.74, 6) is 0.579. The predicted molar refractivity (Wildman–Crippen MR) is 79.9 cm³/mol. The number of rotatable bonds is 5. The highest BCUT2D eigenvalue weighted by Crippen LogP contribution is 2.12. The van der Waals surface area contributed by atoms with E-state index in [1.165, 1.54) is 0 Å². The molecular weight excluding hydrogens is 252 g/mol. The van der Waals surface area contributed by atoms with Crippen molar-refractivity contribution in [2.75, 3.05) is 19.4 Å². The second kappa shape index (κ2) is 6.61. The number of nitrogen functional groups attached to an aromatic ring is 1. The van der Waals surface area contributed by atoms with Crippen molar-refractivity contribution in [2.45, 2.75) is 6.42 Å². The Kier molecular flexibility index (Phi) is 4.60. The molecule has 4 nitrogen and oxygen atoms in total. The molecule has 3 N–H and O–H groups in total. The first-order valence-electron chi connectivity index (χ1n) is 6.46. The lowest BCUT2D eigenvalue weighted by Gasteiger charge is -2.07. The molecule has 0 spiro atoms. The average Bonchev–Trinajstić information content (AvgIpc) is 2.49.